The lowest BCUT2D eigenvalue weighted by Crippen LogP contribution is -2.01. The second kappa shape index (κ2) is 8.81. The molecular formula is C15H19S+. The van der Waals surface area contributed by atoms with E-state index in [0.29, 0.717) is 0 Å². The van der Waals surface area contributed by atoms with E-state index in [9.17, 15) is 0 Å². The molecule has 0 rings (SSSR count). The smallest absolute Gasteiger partial charge is 0.0989 e. The van der Waals surface area contributed by atoms with Crippen molar-refractivity contribution in [3.8, 4) is 0 Å². The molecule has 0 saturated carbocycles. The molecule has 0 aromatic rings. The Bertz CT molecular complexity index is 354. The zero-order valence-electron chi connectivity index (χ0n) is 9.86. The highest BCUT2D eigenvalue weighted by Gasteiger charge is 2.22. The second-order valence-corrected chi connectivity index (χ2v) is 4.76. The zero-order chi connectivity index (χ0) is 12.4. The molecule has 0 aliphatic heterocycles. The Balaban J connectivity index is 5.30. The van der Waals surface area contributed by atoms with Crippen molar-refractivity contribution in [3.05, 3.63) is 84.1 Å². The Hall–Kier alpha value is -1.47. The molecular weight excluding hydrogens is 212 g/mol. The summed E-state index contributed by atoms with van der Waals surface area (Å²) in [6.45, 7) is 17.2. The summed E-state index contributed by atoms with van der Waals surface area (Å²) in [6.07, 6.45) is 13.4. The number of allylic oxidation sites excluding steroid dienone is 7. The molecule has 1 unspecified atom stereocenters. The van der Waals surface area contributed by atoms with Crippen LogP contribution < -0.4 is 0 Å². The fourth-order valence-corrected chi connectivity index (χ4v) is 2.58. The zero-order valence-corrected chi connectivity index (χ0v) is 10.7. The van der Waals surface area contributed by atoms with Gasteiger partial charge < -0.3 is 0 Å². The minimum absolute atomic E-state index is 0.181. The highest BCUT2D eigenvalue weighted by atomic mass is 32.2. The van der Waals surface area contributed by atoms with Crippen LogP contribution in [0.2, 0.25) is 0 Å². The molecule has 0 N–H and O–H groups in total. The molecule has 0 fully saturated rings. The normalized spacial score (nSPS) is 14.6. The SMILES string of the molecule is C=C/C=C(\C=C)[S+](C=C)/C(C=C)=C/C=C/C. The fourth-order valence-electron chi connectivity index (χ4n) is 1.10. The molecule has 84 valence electrons. The molecule has 1 atom stereocenters. The van der Waals surface area contributed by atoms with Gasteiger partial charge in [-0.05, 0) is 31.2 Å². The van der Waals surface area contributed by atoms with Crippen molar-refractivity contribution < 1.29 is 0 Å². The third-order valence-electron chi connectivity index (χ3n) is 1.81. The first kappa shape index (κ1) is 14.5. The van der Waals surface area contributed by atoms with Crippen molar-refractivity contribution in [2.24, 2.45) is 0 Å². The molecule has 0 aliphatic rings. The van der Waals surface area contributed by atoms with Gasteiger partial charge in [0.2, 0.25) is 0 Å². The third-order valence-corrected chi connectivity index (χ3v) is 3.77. The van der Waals surface area contributed by atoms with E-state index in [1.807, 2.05) is 48.8 Å². The average Bonchev–Trinajstić information content (AvgIpc) is 2.32. The van der Waals surface area contributed by atoms with E-state index >= 15 is 0 Å². The van der Waals surface area contributed by atoms with Crippen LogP contribution in [0.15, 0.2) is 84.1 Å². The van der Waals surface area contributed by atoms with Crippen LogP contribution in [0.25, 0.3) is 0 Å². The summed E-state index contributed by atoms with van der Waals surface area (Å²) in [4.78, 5) is 2.22. The summed E-state index contributed by atoms with van der Waals surface area (Å²) in [7, 11) is -0.181. The molecule has 0 aliphatic carbocycles. The number of rotatable bonds is 7. The topological polar surface area (TPSA) is 0 Å². The van der Waals surface area contributed by atoms with E-state index in [-0.39, 0.29) is 10.9 Å². The molecule has 16 heavy (non-hydrogen) atoms. The highest BCUT2D eigenvalue weighted by Crippen LogP contribution is 2.23. The second-order valence-electron chi connectivity index (χ2n) is 2.81. The minimum atomic E-state index is -0.181. The lowest BCUT2D eigenvalue weighted by atomic mass is 10.4. The lowest BCUT2D eigenvalue weighted by molar-refractivity contribution is 1.72. The van der Waals surface area contributed by atoms with Gasteiger partial charge in [-0.3, -0.25) is 0 Å². The first-order chi connectivity index (χ1) is 7.74. The van der Waals surface area contributed by atoms with Gasteiger partial charge in [-0.25, -0.2) is 0 Å². The van der Waals surface area contributed by atoms with E-state index in [1.165, 1.54) is 0 Å². The Labute approximate surface area is 102 Å². The molecule has 0 bridgehead atoms. The molecule has 1 heteroatoms. The summed E-state index contributed by atoms with van der Waals surface area (Å²) >= 11 is 0. The number of hydrogen-bond donors (Lipinski definition) is 0. The Morgan fingerprint density at radius 2 is 1.50 bits per heavy atom. The van der Waals surface area contributed by atoms with Gasteiger partial charge in [-0.15, -0.1) is 0 Å². The predicted octanol–water partition coefficient (Wildman–Crippen LogP) is 4.65. The van der Waals surface area contributed by atoms with E-state index in [4.69, 9.17) is 0 Å². The van der Waals surface area contributed by atoms with Crippen LogP contribution in [-0.4, -0.2) is 0 Å². The van der Waals surface area contributed by atoms with Crippen LogP contribution in [0.5, 0.6) is 0 Å². The minimum Gasteiger partial charge on any atom is -0.0989 e. The average molecular weight is 231 g/mol. The van der Waals surface area contributed by atoms with Crippen LogP contribution in [0.4, 0.5) is 0 Å². The van der Waals surface area contributed by atoms with Gasteiger partial charge in [0, 0.05) is 0 Å². The van der Waals surface area contributed by atoms with E-state index in [2.05, 4.69) is 26.3 Å². The molecule has 0 heterocycles. The highest BCUT2D eigenvalue weighted by molar-refractivity contribution is 8.07. The van der Waals surface area contributed by atoms with Gasteiger partial charge >= 0.3 is 0 Å². The van der Waals surface area contributed by atoms with Crippen molar-refractivity contribution in [1.29, 1.82) is 0 Å². The first-order valence-electron chi connectivity index (χ1n) is 5.01. The third kappa shape index (κ3) is 4.37. The quantitative estimate of drug-likeness (QED) is 0.442. The lowest BCUT2D eigenvalue weighted by Gasteiger charge is -2.02. The van der Waals surface area contributed by atoms with Crippen LogP contribution in [0.3, 0.4) is 0 Å². The van der Waals surface area contributed by atoms with E-state index in [1.54, 1.807) is 6.08 Å². The van der Waals surface area contributed by atoms with E-state index < -0.39 is 0 Å². The maximum atomic E-state index is 3.87. The van der Waals surface area contributed by atoms with Crippen LogP contribution >= 0.6 is 0 Å². The molecule has 0 aromatic heterocycles. The summed E-state index contributed by atoms with van der Waals surface area (Å²) < 4.78 is 0. The van der Waals surface area contributed by atoms with Crippen molar-refractivity contribution in [3.63, 3.8) is 0 Å². The molecule has 0 aromatic carbocycles. The maximum absolute atomic E-state index is 3.87. The maximum Gasteiger partial charge on any atom is 0.165 e. The van der Waals surface area contributed by atoms with E-state index in [0.717, 1.165) is 9.81 Å². The Kier molecular flexibility index (Phi) is 8.00. The Morgan fingerprint density at radius 1 is 0.938 bits per heavy atom. The van der Waals surface area contributed by atoms with Crippen molar-refractivity contribution in [1.82, 2.24) is 0 Å². The molecule has 0 spiro atoms. The molecule has 0 nitrogen and oxygen atoms in total. The standard InChI is InChI=1S/C15H19S/c1-6-11-13-15(9-4)16(10-5)14(8-3)12-7-2/h6-13H,2-5H2,1H3/q+1/b11-6+,14-12+,15-13+. The predicted molar refractivity (Wildman–Crippen MR) is 79.1 cm³/mol. The van der Waals surface area contributed by atoms with Gasteiger partial charge in [0.25, 0.3) is 0 Å². The molecule has 0 saturated heterocycles. The molecule has 0 amide bonds. The summed E-state index contributed by atoms with van der Waals surface area (Å²) in [5.41, 5.74) is 0. The van der Waals surface area contributed by atoms with Crippen LogP contribution in [0, 0.1) is 0 Å². The Morgan fingerprint density at radius 3 is 1.88 bits per heavy atom. The summed E-state index contributed by atoms with van der Waals surface area (Å²) in [5.74, 6) is 0. The largest absolute Gasteiger partial charge is 0.165 e. The fraction of sp³-hybridized carbons (Fsp3) is 0.0667. The monoisotopic (exact) mass is 231 g/mol. The van der Waals surface area contributed by atoms with Crippen molar-refractivity contribution in [2.75, 3.05) is 0 Å². The van der Waals surface area contributed by atoms with Crippen molar-refractivity contribution in [2.45, 2.75) is 6.92 Å². The van der Waals surface area contributed by atoms with Gasteiger partial charge in [0.15, 0.2) is 9.81 Å². The van der Waals surface area contributed by atoms with Crippen LogP contribution in [-0.2, 0) is 10.9 Å². The van der Waals surface area contributed by atoms with Gasteiger partial charge in [-0.1, -0.05) is 44.5 Å². The van der Waals surface area contributed by atoms with Gasteiger partial charge in [0.1, 0.15) is 5.41 Å². The first-order valence-corrected chi connectivity index (χ1v) is 6.30. The molecule has 0 radical (unpaired) electrons. The van der Waals surface area contributed by atoms with Crippen molar-refractivity contribution >= 4 is 10.9 Å². The summed E-state index contributed by atoms with van der Waals surface area (Å²) in [6, 6.07) is 0. The van der Waals surface area contributed by atoms with Crippen LogP contribution in [0.1, 0.15) is 6.92 Å². The number of hydrogen-bond acceptors (Lipinski definition) is 0. The summed E-state index contributed by atoms with van der Waals surface area (Å²) in [5, 5.41) is 1.91. The van der Waals surface area contributed by atoms with Gasteiger partial charge in [0.05, 0.1) is 10.9 Å². The van der Waals surface area contributed by atoms with Gasteiger partial charge in [-0.2, -0.15) is 0 Å².